The van der Waals surface area contributed by atoms with E-state index in [1.54, 1.807) is 19.9 Å². The van der Waals surface area contributed by atoms with Gasteiger partial charge < -0.3 is 25.5 Å². The van der Waals surface area contributed by atoms with Crippen LogP contribution >= 0.6 is 11.3 Å². The van der Waals surface area contributed by atoms with E-state index in [0.717, 1.165) is 5.01 Å². The maximum atomic E-state index is 12.0. The summed E-state index contributed by atoms with van der Waals surface area (Å²) in [6.45, 7) is 8.65. The first kappa shape index (κ1) is 21.4. The lowest BCUT2D eigenvalue weighted by atomic mass is 10.3. The summed E-state index contributed by atoms with van der Waals surface area (Å²) >= 11 is 1.30. The zero-order valence-corrected chi connectivity index (χ0v) is 17.2. The number of rotatable bonds is 8. The molecular formula is C18H25N5O4S. The summed E-state index contributed by atoms with van der Waals surface area (Å²) in [5, 5.41) is 7.14. The molecule has 0 aliphatic carbocycles. The van der Waals surface area contributed by atoms with E-state index in [2.05, 4.69) is 20.6 Å². The maximum Gasteiger partial charge on any atom is 0.350 e. The van der Waals surface area contributed by atoms with Crippen molar-refractivity contribution in [3.63, 3.8) is 0 Å². The Morgan fingerprint density at radius 2 is 2.14 bits per heavy atom. The van der Waals surface area contributed by atoms with Crippen LogP contribution in [0.15, 0.2) is 21.5 Å². The van der Waals surface area contributed by atoms with Crippen molar-refractivity contribution < 1.29 is 18.7 Å². The van der Waals surface area contributed by atoms with Crippen molar-refractivity contribution in [3.05, 3.63) is 39.2 Å². The zero-order valence-electron chi connectivity index (χ0n) is 16.4. The first-order valence-corrected chi connectivity index (χ1v) is 9.75. The van der Waals surface area contributed by atoms with Gasteiger partial charge in [-0.3, -0.25) is 4.79 Å². The van der Waals surface area contributed by atoms with Crippen molar-refractivity contribution in [1.29, 1.82) is 0 Å². The van der Waals surface area contributed by atoms with Crippen LogP contribution in [0, 0.1) is 6.92 Å². The highest BCUT2D eigenvalue weighted by atomic mass is 32.1. The van der Waals surface area contributed by atoms with Crippen LogP contribution in [0.4, 0.5) is 0 Å². The van der Waals surface area contributed by atoms with Gasteiger partial charge in [-0.1, -0.05) is 0 Å². The zero-order chi connectivity index (χ0) is 20.7. The summed E-state index contributed by atoms with van der Waals surface area (Å²) in [7, 11) is 0. The summed E-state index contributed by atoms with van der Waals surface area (Å²) in [5.41, 5.74) is 5.83. The summed E-state index contributed by atoms with van der Waals surface area (Å²) in [4.78, 5) is 32.5. The largest absolute Gasteiger partial charge is 0.462 e. The molecule has 0 aliphatic rings. The van der Waals surface area contributed by atoms with Crippen LogP contribution in [0.2, 0.25) is 0 Å². The van der Waals surface area contributed by atoms with E-state index < -0.39 is 5.91 Å². The van der Waals surface area contributed by atoms with Crippen molar-refractivity contribution in [2.75, 3.05) is 13.2 Å². The molecule has 152 valence electrons. The number of amides is 1. The molecule has 2 aromatic heterocycles. The number of hydrogen-bond donors (Lipinski definition) is 3. The number of ether oxygens (including phenoxy) is 1. The van der Waals surface area contributed by atoms with Gasteiger partial charge in [-0.15, -0.1) is 11.3 Å². The molecule has 2 rings (SSSR count). The minimum absolute atomic E-state index is 0.0984. The molecule has 0 radical (unpaired) electrons. The molecule has 0 saturated heterocycles. The normalized spacial score (nSPS) is 12.5. The van der Waals surface area contributed by atoms with Crippen molar-refractivity contribution in [2.45, 2.75) is 40.3 Å². The highest BCUT2D eigenvalue weighted by molar-refractivity contribution is 7.13. The predicted octanol–water partition coefficient (Wildman–Crippen LogP) is 2.14. The lowest BCUT2D eigenvalue weighted by Crippen LogP contribution is -2.38. The summed E-state index contributed by atoms with van der Waals surface area (Å²) in [6.07, 6.45) is 0. The highest BCUT2D eigenvalue weighted by Gasteiger charge is 2.20. The number of aryl methyl sites for hydroxylation is 1. The average Bonchev–Trinajstić information content (AvgIpc) is 3.27. The molecule has 2 aromatic rings. The Kier molecular flexibility index (Phi) is 7.56. The van der Waals surface area contributed by atoms with Crippen LogP contribution < -0.4 is 16.4 Å². The molecular weight excluding hydrogens is 382 g/mol. The Balaban J connectivity index is 2.09. The third kappa shape index (κ3) is 5.56. The second-order valence-corrected chi connectivity index (χ2v) is 6.91. The Hall–Kier alpha value is -2.88. The number of hydrogen-bond acceptors (Lipinski definition) is 7. The lowest BCUT2D eigenvalue weighted by Gasteiger charge is -2.15. The van der Waals surface area contributed by atoms with Gasteiger partial charge in [0.15, 0.2) is 11.7 Å². The van der Waals surface area contributed by atoms with Crippen LogP contribution in [0.25, 0.3) is 0 Å². The maximum absolute atomic E-state index is 12.0. The molecule has 28 heavy (non-hydrogen) atoms. The van der Waals surface area contributed by atoms with Gasteiger partial charge in [-0.05, 0) is 39.8 Å². The van der Waals surface area contributed by atoms with Gasteiger partial charge in [-0.2, -0.15) is 0 Å². The van der Waals surface area contributed by atoms with Crippen LogP contribution in [0.5, 0.6) is 0 Å². The molecule has 1 atom stereocenters. The topological polar surface area (TPSA) is 132 Å². The number of carbonyl (C=O) groups is 2. The van der Waals surface area contributed by atoms with Gasteiger partial charge in [0.2, 0.25) is 0 Å². The van der Waals surface area contributed by atoms with Gasteiger partial charge in [0, 0.05) is 6.54 Å². The second kappa shape index (κ2) is 9.88. The Morgan fingerprint density at radius 1 is 1.39 bits per heavy atom. The molecule has 2 heterocycles. The third-order valence-electron chi connectivity index (χ3n) is 3.64. The van der Waals surface area contributed by atoms with E-state index in [9.17, 15) is 9.59 Å². The van der Waals surface area contributed by atoms with Gasteiger partial charge >= 0.3 is 5.97 Å². The van der Waals surface area contributed by atoms with Crippen LogP contribution in [-0.2, 0) is 11.3 Å². The molecule has 4 N–H and O–H groups in total. The fraction of sp³-hybridized carbons (Fsp3) is 0.444. The van der Waals surface area contributed by atoms with E-state index in [0.29, 0.717) is 35.4 Å². The molecule has 0 spiro atoms. The molecule has 0 saturated carbocycles. The standard InChI is InChI=1S/C18H25N5O4S/c1-5-20-18(21-9-12-7-8-13(27-12)15(19)24)23-11(4)16-22-10(3)14(28-16)17(25)26-6-2/h7-8,11H,5-6,9H2,1-4H3,(H2,19,24)(H2,20,21,23). The molecule has 1 unspecified atom stereocenters. The average molecular weight is 407 g/mol. The predicted molar refractivity (Wildman–Crippen MR) is 106 cm³/mol. The third-order valence-corrected chi connectivity index (χ3v) is 4.96. The molecule has 0 fully saturated rings. The Labute approximate surface area is 167 Å². The summed E-state index contributed by atoms with van der Waals surface area (Å²) in [6, 6.07) is 3.00. The second-order valence-electron chi connectivity index (χ2n) is 5.88. The smallest absolute Gasteiger partial charge is 0.350 e. The van der Waals surface area contributed by atoms with E-state index in [-0.39, 0.29) is 24.3 Å². The first-order chi connectivity index (χ1) is 13.3. The van der Waals surface area contributed by atoms with Crippen molar-refractivity contribution >= 4 is 29.2 Å². The monoisotopic (exact) mass is 407 g/mol. The number of esters is 1. The number of carbonyl (C=O) groups excluding carboxylic acids is 2. The number of nitrogens with two attached hydrogens (primary N) is 1. The minimum Gasteiger partial charge on any atom is -0.462 e. The van der Waals surface area contributed by atoms with E-state index in [4.69, 9.17) is 14.9 Å². The number of aromatic nitrogens is 1. The molecule has 9 nitrogen and oxygen atoms in total. The van der Waals surface area contributed by atoms with E-state index in [1.807, 2.05) is 13.8 Å². The molecule has 0 aromatic carbocycles. The fourth-order valence-electron chi connectivity index (χ4n) is 2.33. The number of thiazole rings is 1. The van der Waals surface area contributed by atoms with Gasteiger partial charge in [0.1, 0.15) is 22.2 Å². The van der Waals surface area contributed by atoms with Gasteiger partial charge in [0.25, 0.3) is 5.91 Å². The number of nitrogens with one attached hydrogen (secondary N) is 2. The highest BCUT2D eigenvalue weighted by Crippen LogP contribution is 2.24. The minimum atomic E-state index is -0.620. The molecule has 0 aliphatic heterocycles. The summed E-state index contributed by atoms with van der Waals surface area (Å²) < 4.78 is 10.4. The summed E-state index contributed by atoms with van der Waals surface area (Å²) in [5.74, 6) is 0.192. The number of guanidine groups is 1. The Morgan fingerprint density at radius 3 is 2.75 bits per heavy atom. The number of furan rings is 1. The fourth-order valence-corrected chi connectivity index (χ4v) is 3.29. The van der Waals surface area contributed by atoms with Crippen LogP contribution in [0.1, 0.15) is 63.5 Å². The lowest BCUT2D eigenvalue weighted by molar-refractivity contribution is 0.0531. The van der Waals surface area contributed by atoms with Gasteiger partial charge in [-0.25, -0.2) is 14.8 Å². The number of aliphatic imine (C=N–C) groups is 1. The SMILES string of the molecule is CCNC(=NCc1ccc(C(N)=O)o1)NC(C)c1nc(C)c(C(=O)OCC)s1. The molecule has 0 bridgehead atoms. The molecule has 1 amide bonds. The number of nitrogens with zero attached hydrogens (tertiary/aromatic N) is 2. The van der Waals surface area contributed by atoms with Crippen molar-refractivity contribution in [2.24, 2.45) is 10.7 Å². The van der Waals surface area contributed by atoms with Crippen LogP contribution in [0.3, 0.4) is 0 Å². The quantitative estimate of drug-likeness (QED) is 0.347. The van der Waals surface area contributed by atoms with Gasteiger partial charge in [0.05, 0.1) is 18.3 Å². The van der Waals surface area contributed by atoms with E-state index >= 15 is 0 Å². The van der Waals surface area contributed by atoms with Crippen molar-refractivity contribution in [3.8, 4) is 0 Å². The first-order valence-electron chi connectivity index (χ1n) is 8.93. The number of primary amides is 1. The van der Waals surface area contributed by atoms with Crippen LogP contribution in [-0.4, -0.2) is 36.0 Å². The van der Waals surface area contributed by atoms with E-state index in [1.165, 1.54) is 17.4 Å². The van der Waals surface area contributed by atoms with Crippen molar-refractivity contribution in [1.82, 2.24) is 15.6 Å². The molecule has 10 heteroatoms. The Bertz CT molecular complexity index is 858.